The number of nitrogens with two attached hydrogens (primary N) is 1. The van der Waals surface area contributed by atoms with Gasteiger partial charge in [-0.1, -0.05) is 31.5 Å². The van der Waals surface area contributed by atoms with E-state index in [1.54, 1.807) is 24.3 Å². The number of hydrogen-bond acceptors (Lipinski definition) is 2. The molecular weight excluding hydrogens is 247 g/mol. The first-order valence-electron chi connectivity index (χ1n) is 4.82. The molecule has 0 fully saturated rings. The quantitative estimate of drug-likeness (QED) is 0.880. The fraction of sp³-hybridized carbons (Fsp3) is 0.364. The first kappa shape index (κ1) is 15.2. The number of rotatable bonds is 3. The highest BCUT2D eigenvalue weighted by molar-refractivity contribution is 6.30. The third-order valence-electron chi connectivity index (χ3n) is 2.11. The molecule has 0 aliphatic rings. The van der Waals surface area contributed by atoms with Crippen LogP contribution in [0.1, 0.15) is 13.8 Å². The number of anilines is 1. The zero-order valence-corrected chi connectivity index (χ0v) is 10.8. The zero-order chi connectivity index (χ0) is 11.4. The number of nitrogens with one attached hydrogen (secondary N) is 1. The van der Waals surface area contributed by atoms with E-state index in [-0.39, 0.29) is 24.2 Å². The predicted octanol–water partition coefficient (Wildman–Crippen LogP) is 2.68. The second-order valence-corrected chi connectivity index (χ2v) is 4.21. The largest absolute Gasteiger partial charge is 0.325 e. The van der Waals surface area contributed by atoms with E-state index < -0.39 is 6.04 Å². The first-order valence-corrected chi connectivity index (χ1v) is 5.20. The van der Waals surface area contributed by atoms with Gasteiger partial charge in [-0.3, -0.25) is 4.79 Å². The minimum Gasteiger partial charge on any atom is -0.325 e. The van der Waals surface area contributed by atoms with Crippen LogP contribution in [0, 0.1) is 5.92 Å². The molecule has 0 spiro atoms. The van der Waals surface area contributed by atoms with Crippen molar-refractivity contribution in [2.75, 3.05) is 5.32 Å². The maximum atomic E-state index is 11.6. The maximum absolute atomic E-state index is 11.6. The SMILES string of the molecule is CC(C)[C@@H](N)C(=O)Nc1cccc(Cl)c1.Cl. The lowest BCUT2D eigenvalue weighted by atomic mass is 10.1. The number of carbonyl (C=O) groups is 1. The second-order valence-electron chi connectivity index (χ2n) is 3.77. The molecule has 0 aliphatic carbocycles. The van der Waals surface area contributed by atoms with Crippen molar-refractivity contribution in [1.29, 1.82) is 0 Å². The standard InChI is InChI=1S/C11H15ClN2O.ClH/c1-7(2)10(13)11(15)14-9-5-3-4-8(12)6-9;/h3-7,10H,13H2,1-2H3,(H,14,15);1H/t10-;/m1./s1. The minimum absolute atomic E-state index is 0. The Morgan fingerprint density at radius 1 is 1.44 bits per heavy atom. The highest BCUT2D eigenvalue weighted by Crippen LogP contribution is 2.15. The van der Waals surface area contributed by atoms with Crippen molar-refractivity contribution < 1.29 is 4.79 Å². The van der Waals surface area contributed by atoms with Gasteiger partial charge >= 0.3 is 0 Å². The summed E-state index contributed by atoms with van der Waals surface area (Å²) in [4.78, 5) is 11.6. The summed E-state index contributed by atoms with van der Waals surface area (Å²) < 4.78 is 0. The summed E-state index contributed by atoms with van der Waals surface area (Å²) in [6.45, 7) is 3.81. The molecule has 1 aromatic rings. The van der Waals surface area contributed by atoms with Crippen molar-refractivity contribution >= 4 is 35.6 Å². The van der Waals surface area contributed by atoms with Crippen molar-refractivity contribution in [2.45, 2.75) is 19.9 Å². The Balaban J connectivity index is 0.00000225. The third-order valence-corrected chi connectivity index (χ3v) is 2.35. The van der Waals surface area contributed by atoms with Crippen LogP contribution in [0.15, 0.2) is 24.3 Å². The predicted molar refractivity (Wildman–Crippen MR) is 70.1 cm³/mol. The Bertz CT molecular complexity index is 356. The molecular formula is C11H16Cl2N2O. The van der Waals surface area contributed by atoms with Gasteiger partial charge in [0.05, 0.1) is 6.04 Å². The van der Waals surface area contributed by atoms with Crippen molar-refractivity contribution in [3.63, 3.8) is 0 Å². The van der Waals surface area contributed by atoms with Crippen molar-refractivity contribution in [1.82, 2.24) is 0 Å². The molecule has 0 radical (unpaired) electrons. The molecule has 90 valence electrons. The van der Waals surface area contributed by atoms with Crippen molar-refractivity contribution in [3.05, 3.63) is 29.3 Å². The smallest absolute Gasteiger partial charge is 0.241 e. The molecule has 1 aromatic carbocycles. The van der Waals surface area contributed by atoms with Crippen LogP contribution < -0.4 is 11.1 Å². The fourth-order valence-electron chi connectivity index (χ4n) is 1.09. The summed E-state index contributed by atoms with van der Waals surface area (Å²) in [5, 5.41) is 3.30. The molecule has 0 aliphatic heterocycles. The fourth-order valence-corrected chi connectivity index (χ4v) is 1.28. The molecule has 1 rings (SSSR count). The summed E-state index contributed by atoms with van der Waals surface area (Å²) in [6.07, 6.45) is 0. The third kappa shape index (κ3) is 4.39. The lowest BCUT2D eigenvalue weighted by Crippen LogP contribution is -2.39. The van der Waals surface area contributed by atoms with Gasteiger partial charge in [0, 0.05) is 10.7 Å². The normalized spacial score (nSPS) is 11.8. The van der Waals surface area contributed by atoms with Gasteiger partial charge in [-0.2, -0.15) is 0 Å². The number of benzene rings is 1. The van der Waals surface area contributed by atoms with Crippen LogP contribution in [-0.4, -0.2) is 11.9 Å². The Morgan fingerprint density at radius 3 is 2.56 bits per heavy atom. The molecule has 0 aromatic heterocycles. The van der Waals surface area contributed by atoms with Crippen LogP contribution in [-0.2, 0) is 4.79 Å². The summed E-state index contributed by atoms with van der Waals surface area (Å²) in [5.74, 6) is -0.0727. The lowest BCUT2D eigenvalue weighted by Gasteiger charge is -2.15. The van der Waals surface area contributed by atoms with Gasteiger partial charge in [0.25, 0.3) is 0 Å². The average molecular weight is 263 g/mol. The van der Waals surface area contributed by atoms with Gasteiger partial charge in [-0.05, 0) is 24.1 Å². The van der Waals surface area contributed by atoms with E-state index in [1.165, 1.54) is 0 Å². The van der Waals surface area contributed by atoms with Crippen LogP contribution >= 0.6 is 24.0 Å². The number of carbonyl (C=O) groups excluding carboxylic acids is 1. The molecule has 1 amide bonds. The maximum Gasteiger partial charge on any atom is 0.241 e. The topological polar surface area (TPSA) is 55.1 Å². The summed E-state index contributed by atoms with van der Waals surface area (Å²) in [7, 11) is 0. The van der Waals surface area contributed by atoms with Gasteiger partial charge in [0.1, 0.15) is 0 Å². The lowest BCUT2D eigenvalue weighted by molar-refractivity contribution is -0.118. The van der Waals surface area contributed by atoms with E-state index in [0.717, 1.165) is 0 Å². The molecule has 0 saturated heterocycles. The number of halogens is 2. The molecule has 0 saturated carbocycles. The summed E-state index contributed by atoms with van der Waals surface area (Å²) in [6, 6.07) is 6.49. The summed E-state index contributed by atoms with van der Waals surface area (Å²) in [5.41, 5.74) is 6.37. The monoisotopic (exact) mass is 262 g/mol. The highest BCUT2D eigenvalue weighted by atomic mass is 35.5. The van der Waals surface area contributed by atoms with Crippen molar-refractivity contribution in [2.24, 2.45) is 11.7 Å². The number of hydrogen-bond donors (Lipinski definition) is 2. The Morgan fingerprint density at radius 2 is 2.06 bits per heavy atom. The Hall–Kier alpha value is -0.770. The average Bonchev–Trinajstić information content (AvgIpc) is 2.16. The summed E-state index contributed by atoms with van der Waals surface area (Å²) >= 11 is 5.79. The van der Waals surface area contributed by atoms with Crippen LogP contribution in [0.3, 0.4) is 0 Å². The van der Waals surface area contributed by atoms with E-state index in [1.807, 2.05) is 13.8 Å². The van der Waals surface area contributed by atoms with Crippen LogP contribution in [0.4, 0.5) is 5.69 Å². The van der Waals surface area contributed by atoms with Crippen LogP contribution in [0.5, 0.6) is 0 Å². The molecule has 1 atom stereocenters. The Labute approximate surface area is 107 Å². The first-order chi connectivity index (χ1) is 7.00. The molecule has 0 bridgehead atoms. The van der Waals surface area contributed by atoms with Gasteiger partial charge in [-0.15, -0.1) is 12.4 Å². The van der Waals surface area contributed by atoms with E-state index in [9.17, 15) is 4.79 Å². The molecule has 16 heavy (non-hydrogen) atoms. The Kier molecular flexibility index (Phi) is 6.41. The van der Waals surface area contributed by atoms with E-state index >= 15 is 0 Å². The van der Waals surface area contributed by atoms with E-state index in [2.05, 4.69) is 5.32 Å². The molecule has 0 heterocycles. The molecule has 5 heteroatoms. The van der Waals surface area contributed by atoms with E-state index in [4.69, 9.17) is 17.3 Å². The van der Waals surface area contributed by atoms with Gasteiger partial charge in [-0.25, -0.2) is 0 Å². The second kappa shape index (κ2) is 6.74. The molecule has 0 unspecified atom stereocenters. The van der Waals surface area contributed by atoms with E-state index in [0.29, 0.717) is 10.7 Å². The van der Waals surface area contributed by atoms with Gasteiger partial charge in [0.2, 0.25) is 5.91 Å². The molecule has 3 nitrogen and oxygen atoms in total. The van der Waals surface area contributed by atoms with Crippen molar-refractivity contribution in [3.8, 4) is 0 Å². The number of amides is 1. The van der Waals surface area contributed by atoms with Crippen LogP contribution in [0.25, 0.3) is 0 Å². The van der Waals surface area contributed by atoms with Gasteiger partial charge < -0.3 is 11.1 Å². The molecule has 3 N–H and O–H groups in total. The minimum atomic E-state index is -0.496. The highest BCUT2D eigenvalue weighted by Gasteiger charge is 2.16. The van der Waals surface area contributed by atoms with Gasteiger partial charge in [0.15, 0.2) is 0 Å². The van der Waals surface area contributed by atoms with Crippen LogP contribution in [0.2, 0.25) is 5.02 Å². The zero-order valence-electron chi connectivity index (χ0n) is 9.24.